The third kappa shape index (κ3) is 2.93. The van der Waals surface area contributed by atoms with E-state index in [1.807, 2.05) is 36.4 Å². The van der Waals surface area contributed by atoms with Crippen LogP contribution in [-0.2, 0) is 11.2 Å². The van der Waals surface area contributed by atoms with E-state index in [2.05, 4.69) is 4.98 Å². The molecule has 0 aliphatic rings. The zero-order valence-electron chi connectivity index (χ0n) is 9.78. The fraction of sp³-hybridized carbons (Fsp3) is 0.143. The van der Waals surface area contributed by atoms with E-state index in [1.165, 1.54) is 0 Å². The lowest BCUT2D eigenvalue weighted by atomic mass is 10.0. The molecule has 18 heavy (non-hydrogen) atoms. The summed E-state index contributed by atoms with van der Waals surface area (Å²) in [4.78, 5) is 14.8. The van der Waals surface area contributed by atoms with E-state index >= 15 is 0 Å². The largest absolute Gasteiger partial charge is 0.480 e. The SMILES string of the molecule is NC(Cc1cncc(-c2ccccc2)c1)C(=O)O. The van der Waals surface area contributed by atoms with Crippen LogP contribution in [0.25, 0.3) is 11.1 Å². The number of carboxylic acid groups (broad SMARTS) is 1. The molecule has 0 amide bonds. The average molecular weight is 242 g/mol. The van der Waals surface area contributed by atoms with E-state index in [0.29, 0.717) is 0 Å². The maximum Gasteiger partial charge on any atom is 0.320 e. The topological polar surface area (TPSA) is 76.2 Å². The van der Waals surface area contributed by atoms with Gasteiger partial charge in [-0.05, 0) is 23.6 Å². The molecule has 3 N–H and O–H groups in total. The number of benzene rings is 1. The molecular weight excluding hydrogens is 228 g/mol. The Morgan fingerprint density at radius 1 is 1.22 bits per heavy atom. The molecular formula is C14H14N2O2. The summed E-state index contributed by atoms with van der Waals surface area (Å²) in [5.74, 6) is -1.000. The minimum absolute atomic E-state index is 0.281. The van der Waals surface area contributed by atoms with Crippen molar-refractivity contribution in [2.75, 3.05) is 0 Å². The van der Waals surface area contributed by atoms with Crippen molar-refractivity contribution in [1.29, 1.82) is 0 Å². The molecule has 0 radical (unpaired) electrons. The van der Waals surface area contributed by atoms with Crippen molar-refractivity contribution in [3.8, 4) is 11.1 Å². The number of hydrogen-bond donors (Lipinski definition) is 2. The molecule has 0 saturated carbocycles. The van der Waals surface area contributed by atoms with Gasteiger partial charge in [-0.1, -0.05) is 30.3 Å². The molecule has 4 nitrogen and oxygen atoms in total. The fourth-order valence-corrected chi connectivity index (χ4v) is 1.73. The Morgan fingerprint density at radius 2 is 1.94 bits per heavy atom. The Morgan fingerprint density at radius 3 is 2.61 bits per heavy atom. The van der Waals surface area contributed by atoms with Gasteiger partial charge in [-0.2, -0.15) is 0 Å². The van der Waals surface area contributed by atoms with Gasteiger partial charge in [-0.15, -0.1) is 0 Å². The van der Waals surface area contributed by atoms with Gasteiger partial charge in [-0.25, -0.2) is 0 Å². The summed E-state index contributed by atoms with van der Waals surface area (Å²) in [5, 5.41) is 8.78. The number of pyridine rings is 1. The van der Waals surface area contributed by atoms with Gasteiger partial charge >= 0.3 is 5.97 Å². The summed E-state index contributed by atoms with van der Waals surface area (Å²) in [5.41, 5.74) is 8.35. The molecule has 2 rings (SSSR count). The predicted octanol–water partition coefficient (Wildman–Crippen LogP) is 1.70. The molecule has 1 aromatic heterocycles. The van der Waals surface area contributed by atoms with Crippen LogP contribution in [0.2, 0.25) is 0 Å². The van der Waals surface area contributed by atoms with E-state index in [0.717, 1.165) is 16.7 Å². The monoisotopic (exact) mass is 242 g/mol. The minimum atomic E-state index is -1.000. The van der Waals surface area contributed by atoms with Gasteiger partial charge in [0.25, 0.3) is 0 Å². The normalized spacial score (nSPS) is 12.1. The Bertz CT molecular complexity index is 541. The molecule has 0 aliphatic heterocycles. The van der Waals surface area contributed by atoms with Crippen LogP contribution in [0.3, 0.4) is 0 Å². The standard InChI is InChI=1S/C14H14N2O2/c15-13(14(17)18)7-10-6-12(9-16-8-10)11-4-2-1-3-5-11/h1-6,8-9,13H,7,15H2,(H,17,18). The lowest BCUT2D eigenvalue weighted by Gasteiger charge is -2.07. The van der Waals surface area contributed by atoms with Crippen LogP contribution in [0, 0.1) is 0 Å². The summed E-state index contributed by atoms with van der Waals surface area (Å²) in [6, 6.07) is 10.8. The molecule has 92 valence electrons. The van der Waals surface area contributed by atoms with Gasteiger partial charge in [0, 0.05) is 18.0 Å². The number of nitrogens with zero attached hydrogens (tertiary/aromatic N) is 1. The summed E-state index contributed by atoms with van der Waals surface area (Å²) >= 11 is 0. The Labute approximate surface area is 105 Å². The van der Waals surface area contributed by atoms with Crippen molar-refractivity contribution in [3.63, 3.8) is 0 Å². The molecule has 4 heteroatoms. The van der Waals surface area contributed by atoms with Crippen molar-refractivity contribution in [1.82, 2.24) is 4.98 Å². The Kier molecular flexibility index (Phi) is 3.69. The molecule has 2 aromatic rings. The van der Waals surface area contributed by atoms with Gasteiger partial charge in [0.15, 0.2) is 0 Å². The first-order valence-electron chi connectivity index (χ1n) is 5.64. The van der Waals surface area contributed by atoms with Crippen molar-refractivity contribution >= 4 is 5.97 Å². The summed E-state index contributed by atoms with van der Waals surface area (Å²) in [6.07, 6.45) is 3.68. The molecule has 1 atom stereocenters. The fourth-order valence-electron chi connectivity index (χ4n) is 1.73. The van der Waals surface area contributed by atoms with Gasteiger partial charge in [0.1, 0.15) is 6.04 Å². The molecule has 1 heterocycles. The van der Waals surface area contributed by atoms with E-state index in [4.69, 9.17) is 10.8 Å². The highest BCUT2D eigenvalue weighted by molar-refractivity contribution is 5.73. The van der Waals surface area contributed by atoms with E-state index < -0.39 is 12.0 Å². The molecule has 0 bridgehead atoms. The first-order chi connectivity index (χ1) is 8.66. The zero-order chi connectivity index (χ0) is 13.0. The first-order valence-corrected chi connectivity index (χ1v) is 5.64. The third-order valence-corrected chi connectivity index (χ3v) is 2.67. The second kappa shape index (κ2) is 5.42. The third-order valence-electron chi connectivity index (χ3n) is 2.67. The van der Waals surface area contributed by atoms with Crippen LogP contribution in [0.4, 0.5) is 0 Å². The molecule has 0 aliphatic carbocycles. The molecule has 1 aromatic carbocycles. The van der Waals surface area contributed by atoms with Crippen molar-refractivity contribution in [2.24, 2.45) is 5.73 Å². The van der Waals surface area contributed by atoms with E-state index in [9.17, 15) is 4.79 Å². The highest BCUT2D eigenvalue weighted by atomic mass is 16.4. The average Bonchev–Trinajstić information content (AvgIpc) is 2.40. The lowest BCUT2D eigenvalue weighted by Crippen LogP contribution is -2.32. The van der Waals surface area contributed by atoms with Crippen LogP contribution in [-0.4, -0.2) is 22.1 Å². The van der Waals surface area contributed by atoms with Gasteiger partial charge < -0.3 is 10.8 Å². The highest BCUT2D eigenvalue weighted by Crippen LogP contribution is 2.19. The summed E-state index contributed by atoms with van der Waals surface area (Å²) in [7, 11) is 0. The van der Waals surface area contributed by atoms with Crippen molar-refractivity contribution in [2.45, 2.75) is 12.5 Å². The number of aliphatic carboxylic acids is 1. The number of carboxylic acids is 1. The van der Waals surface area contributed by atoms with Gasteiger partial charge in [-0.3, -0.25) is 9.78 Å². The molecule has 0 saturated heterocycles. The van der Waals surface area contributed by atoms with Crippen molar-refractivity contribution < 1.29 is 9.90 Å². The maximum atomic E-state index is 10.7. The molecule has 0 fully saturated rings. The maximum absolute atomic E-state index is 10.7. The van der Waals surface area contributed by atoms with Crippen LogP contribution in [0.5, 0.6) is 0 Å². The van der Waals surface area contributed by atoms with Crippen molar-refractivity contribution in [3.05, 3.63) is 54.4 Å². The van der Waals surface area contributed by atoms with E-state index in [-0.39, 0.29) is 6.42 Å². The van der Waals surface area contributed by atoms with E-state index in [1.54, 1.807) is 12.4 Å². The number of nitrogens with two attached hydrogens (primary N) is 1. The number of rotatable bonds is 4. The van der Waals surface area contributed by atoms with Gasteiger partial charge in [0.2, 0.25) is 0 Å². The smallest absolute Gasteiger partial charge is 0.320 e. The number of aromatic nitrogens is 1. The second-order valence-electron chi connectivity index (χ2n) is 4.10. The lowest BCUT2D eigenvalue weighted by molar-refractivity contribution is -0.138. The van der Waals surface area contributed by atoms with Gasteiger partial charge in [0.05, 0.1) is 0 Å². The number of carbonyl (C=O) groups is 1. The Hall–Kier alpha value is -2.20. The minimum Gasteiger partial charge on any atom is -0.480 e. The predicted molar refractivity (Wildman–Crippen MR) is 69.0 cm³/mol. The molecule has 0 spiro atoms. The summed E-state index contributed by atoms with van der Waals surface area (Å²) < 4.78 is 0. The highest BCUT2D eigenvalue weighted by Gasteiger charge is 2.12. The summed E-state index contributed by atoms with van der Waals surface area (Å²) in [6.45, 7) is 0. The first kappa shape index (κ1) is 12.3. The number of hydrogen-bond acceptors (Lipinski definition) is 3. The van der Waals surface area contributed by atoms with Crippen LogP contribution >= 0.6 is 0 Å². The second-order valence-corrected chi connectivity index (χ2v) is 4.10. The quantitative estimate of drug-likeness (QED) is 0.855. The van der Waals surface area contributed by atoms with Crippen LogP contribution in [0.15, 0.2) is 48.8 Å². The molecule has 1 unspecified atom stereocenters. The van der Waals surface area contributed by atoms with Crippen LogP contribution < -0.4 is 5.73 Å². The Balaban J connectivity index is 2.23. The van der Waals surface area contributed by atoms with Crippen LogP contribution in [0.1, 0.15) is 5.56 Å². The zero-order valence-corrected chi connectivity index (χ0v) is 9.78.